The number of halogens is 1. The first-order chi connectivity index (χ1) is 11.2. The molecule has 1 aromatic heterocycles. The normalized spacial score (nSPS) is 19.7. The van der Waals surface area contributed by atoms with Crippen molar-refractivity contribution in [2.75, 3.05) is 0 Å². The van der Waals surface area contributed by atoms with E-state index < -0.39 is 0 Å². The smallest absolute Gasteiger partial charge is 0.242 e. The molecule has 0 radical (unpaired) electrons. The van der Waals surface area contributed by atoms with Gasteiger partial charge >= 0.3 is 0 Å². The van der Waals surface area contributed by atoms with Gasteiger partial charge in [0.15, 0.2) is 0 Å². The van der Waals surface area contributed by atoms with Gasteiger partial charge in [-0.2, -0.15) is 0 Å². The highest BCUT2D eigenvalue weighted by atomic mass is 19.1. The standard InChI is InChI=1S/C17H15FN4O/c18-12-5-3-4-11(8-12)13-9-15(13)19-17(23)10-22-16-7-2-1-6-14(16)20-21-22/h1-8,13,15H,9-10H2,(H,19,23)/t13-,15+/m0/s1. The second-order valence-electron chi connectivity index (χ2n) is 5.81. The van der Waals surface area contributed by atoms with Crippen molar-refractivity contribution >= 4 is 16.9 Å². The quantitative estimate of drug-likeness (QED) is 0.804. The van der Waals surface area contributed by atoms with E-state index in [4.69, 9.17) is 0 Å². The number of amides is 1. The van der Waals surface area contributed by atoms with Gasteiger partial charge in [0.05, 0.1) is 5.52 Å². The van der Waals surface area contributed by atoms with Gasteiger partial charge in [0.2, 0.25) is 5.91 Å². The van der Waals surface area contributed by atoms with Crippen LogP contribution in [0.5, 0.6) is 0 Å². The lowest BCUT2D eigenvalue weighted by Crippen LogP contribution is -2.30. The fraction of sp³-hybridized carbons (Fsp3) is 0.235. The summed E-state index contributed by atoms with van der Waals surface area (Å²) in [7, 11) is 0. The highest BCUT2D eigenvalue weighted by Gasteiger charge is 2.39. The number of hydrogen-bond acceptors (Lipinski definition) is 3. The molecule has 1 fully saturated rings. The van der Waals surface area contributed by atoms with Crippen molar-refractivity contribution in [3.63, 3.8) is 0 Å². The van der Waals surface area contributed by atoms with Gasteiger partial charge in [-0.05, 0) is 36.2 Å². The zero-order valence-corrected chi connectivity index (χ0v) is 12.3. The topological polar surface area (TPSA) is 59.8 Å². The van der Waals surface area contributed by atoms with Crippen molar-refractivity contribution in [1.82, 2.24) is 20.3 Å². The van der Waals surface area contributed by atoms with Gasteiger partial charge in [-0.3, -0.25) is 4.79 Å². The molecule has 1 aliphatic carbocycles. The number of nitrogens with one attached hydrogen (secondary N) is 1. The fourth-order valence-corrected chi connectivity index (χ4v) is 2.88. The average Bonchev–Trinajstić information content (AvgIpc) is 3.19. The minimum absolute atomic E-state index is 0.0686. The van der Waals surface area contributed by atoms with E-state index in [0.29, 0.717) is 0 Å². The van der Waals surface area contributed by atoms with Crippen LogP contribution in [0.3, 0.4) is 0 Å². The summed E-state index contributed by atoms with van der Waals surface area (Å²) in [5.41, 5.74) is 2.53. The second kappa shape index (κ2) is 5.46. The minimum atomic E-state index is -0.242. The second-order valence-corrected chi connectivity index (χ2v) is 5.81. The molecule has 5 nitrogen and oxygen atoms in total. The van der Waals surface area contributed by atoms with E-state index >= 15 is 0 Å². The Morgan fingerprint density at radius 2 is 2.13 bits per heavy atom. The molecule has 1 aliphatic rings. The van der Waals surface area contributed by atoms with Crippen LogP contribution >= 0.6 is 0 Å². The molecule has 1 heterocycles. The van der Waals surface area contributed by atoms with E-state index in [0.717, 1.165) is 23.0 Å². The molecule has 3 aromatic rings. The van der Waals surface area contributed by atoms with Crippen LogP contribution < -0.4 is 5.32 Å². The van der Waals surface area contributed by atoms with Gasteiger partial charge in [0, 0.05) is 12.0 Å². The monoisotopic (exact) mass is 310 g/mol. The molecule has 4 rings (SSSR count). The van der Waals surface area contributed by atoms with E-state index in [1.165, 1.54) is 12.1 Å². The van der Waals surface area contributed by atoms with E-state index in [9.17, 15) is 9.18 Å². The largest absolute Gasteiger partial charge is 0.351 e. The lowest BCUT2D eigenvalue weighted by atomic mass is 10.1. The van der Waals surface area contributed by atoms with Gasteiger partial charge < -0.3 is 5.32 Å². The number of para-hydroxylation sites is 1. The lowest BCUT2D eigenvalue weighted by Gasteiger charge is -2.05. The zero-order chi connectivity index (χ0) is 15.8. The first-order valence-corrected chi connectivity index (χ1v) is 7.54. The van der Waals surface area contributed by atoms with Gasteiger partial charge in [-0.25, -0.2) is 9.07 Å². The number of nitrogens with zero attached hydrogens (tertiary/aromatic N) is 3. The zero-order valence-electron chi connectivity index (χ0n) is 12.3. The maximum atomic E-state index is 13.2. The molecule has 23 heavy (non-hydrogen) atoms. The third-order valence-electron chi connectivity index (χ3n) is 4.13. The fourth-order valence-electron chi connectivity index (χ4n) is 2.88. The van der Waals surface area contributed by atoms with Crippen LogP contribution in [0.1, 0.15) is 17.9 Å². The molecular weight excluding hydrogens is 295 g/mol. The Balaban J connectivity index is 1.40. The van der Waals surface area contributed by atoms with Crippen molar-refractivity contribution < 1.29 is 9.18 Å². The lowest BCUT2D eigenvalue weighted by molar-refractivity contribution is -0.121. The van der Waals surface area contributed by atoms with Crippen molar-refractivity contribution in [2.24, 2.45) is 0 Å². The Bertz CT molecular complexity index is 876. The molecular formula is C17H15FN4O. The first kappa shape index (κ1) is 13.9. The van der Waals surface area contributed by atoms with Gasteiger partial charge in [-0.1, -0.05) is 29.5 Å². The Hall–Kier alpha value is -2.76. The summed E-state index contributed by atoms with van der Waals surface area (Å²) < 4.78 is 14.8. The molecule has 0 bridgehead atoms. The highest BCUT2D eigenvalue weighted by Crippen LogP contribution is 2.40. The number of benzene rings is 2. The molecule has 6 heteroatoms. The SMILES string of the molecule is O=C(Cn1nnc2ccccc21)N[C@@H]1C[C@H]1c1cccc(F)c1. The van der Waals surface area contributed by atoms with Crippen molar-refractivity contribution in [3.05, 3.63) is 59.9 Å². The van der Waals surface area contributed by atoms with Crippen molar-refractivity contribution in [2.45, 2.75) is 24.9 Å². The minimum Gasteiger partial charge on any atom is -0.351 e. The van der Waals surface area contributed by atoms with E-state index in [1.54, 1.807) is 10.7 Å². The molecule has 0 unspecified atom stereocenters. The summed E-state index contributed by atoms with van der Waals surface area (Å²) in [6, 6.07) is 14.1. The summed E-state index contributed by atoms with van der Waals surface area (Å²) in [6.07, 6.45) is 0.841. The summed E-state index contributed by atoms with van der Waals surface area (Å²) in [6.45, 7) is 0.132. The van der Waals surface area contributed by atoms with Crippen molar-refractivity contribution in [3.8, 4) is 0 Å². The Kier molecular flexibility index (Phi) is 3.29. The van der Waals surface area contributed by atoms with Crippen LogP contribution in [0.25, 0.3) is 11.0 Å². The van der Waals surface area contributed by atoms with Crippen molar-refractivity contribution in [1.29, 1.82) is 0 Å². The van der Waals surface area contributed by atoms with E-state index in [1.807, 2.05) is 30.3 Å². The predicted molar refractivity (Wildman–Crippen MR) is 83.2 cm³/mol. The van der Waals surface area contributed by atoms with Crippen LogP contribution in [0.15, 0.2) is 48.5 Å². The van der Waals surface area contributed by atoms with Crippen LogP contribution in [-0.2, 0) is 11.3 Å². The summed E-state index contributed by atoms with van der Waals surface area (Å²) in [5.74, 6) is -0.153. The van der Waals surface area contributed by atoms with Crippen LogP contribution in [0, 0.1) is 5.82 Å². The third-order valence-corrected chi connectivity index (χ3v) is 4.13. The maximum Gasteiger partial charge on any atom is 0.242 e. The molecule has 0 spiro atoms. The van der Waals surface area contributed by atoms with Gasteiger partial charge in [0.1, 0.15) is 17.9 Å². The van der Waals surface area contributed by atoms with Crippen LogP contribution in [0.4, 0.5) is 4.39 Å². The number of rotatable bonds is 4. The number of carbonyl (C=O) groups excluding carboxylic acids is 1. The Labute approximate surface area is 132 Å². The number of fused-ring (bicyclic) bond motifs is 1. The summed E-state index contributed by atoms with van der Waals surface area (Å²) >= 11 is 0. The summed E-state index contributed by atoms with van der Waals surface area (Å²) in [5, 5.41) is 11.0. The predicted octanol–water partition coefficient (Wildman–Crippen LogP) is 2.24. The molecule has 2 atom stereocenters. The van der Waals surface area contributed by atoms with Gasteiger partial charge in [0.25, 0.3) is 0 Å². The molecule has 0 aliphatic heterocycles. The van der Waals surface area contributed by atoms with E-state index in [2.05, 4.69) is 15.6 Å². The van der Waals surface area contributed by atoms with Crippen LogP contribution in [0.2, 0.25) is 0 Å². The molecule has 1 amide bonds. The highest BCUT2D eigenvalue weighted by molar-refractivity contribution is 5.80. The Morgan fingerprint density at radius 1 is 1.26 bits per heavy atom. The van der Waals surface area contributed by atoms with E-state index in [-0.39, 0.29) is 30.2 Å². The number of carbonyl (C=O) groups is 1. The number of aromatic nitrogens is 3. The first-order valence-electron chi connectivity index (χ1n) is 7.54. The third kappa shape index (κ3) is 2.79. The van der Waals surface area contributed by atoms with Gasteiger partial charge in [-0.15, -0.1) is 5.10 Å². The molecule has 1 saturated carbocycles. The molecule has 1 N–H and O–H groups in total. The maximum absolute atomic E-state index is 13.2. The molecule has 0 saturated heterocycles. The van der Waals surface area contributed by atoms with Crippen LogP contribution in [-0.4, -0.2) is 26.9 Å². The summed E-state index contributed by atoms with van der Waals surface area (Å²) in [4.78, 5) is 12.2. The molecule has 2 aromatic carbocycles. The molecule has 116 valence electrons. The Morgan fingerprint density at radius 3 is 3.00 bits per heavy atom. The number of hydrogen-bond donors (Lipinski definition) is 1. The average molecular weight is 310 g/mol.